The third-order valence-corrected chi connectivity index (χ3v) is 8.10. The lowest BCUT2D eigenvalue weighted by atomic mass is 9.94. The van der Waals surface area contributed by atoms with E-state index in [1.165, 1.54) is 39.5 Å². The topological polar surface area (TPSA) is 117 Å². The normalized spacial score (nSPS) is 27.0. The molecule has 7 atom stereocenters. The van der Waals surface area contributed by atoms with Crippen molar-refractivity contribution in [3.8, 4) is 0 Å². The van der Waals surface area contributed by atoms with E-state index in [1.807, 2.05) is 6.26 Å². The van der Waals surface area contributed by atoms with Crippen LogP contribution in [0.2, 0.25) is 0 Å². The molecule has 0 aromatic heterocycles. The van der Waals surface area contributed by atoms with Crippen molar-refractivity contribution < 1.29 is 38.1 Å². The number of carbonyl (C=O) groups is 4. The van der Waals surface area contributed by atoms with Crippen molar-refractivity contribution in [2.45, 2.75) is 63.6 Å². The summed E-state index contributed by atoms with van der Waals surface area (Å²) in [5.74, 6) is 0.463. The van der Waals surface area contributed by atoms with Gasteiger partial charge in [-0.15, -0.1) is 11.8 Å². The van der Waals surface area contributed by atoms with Gasteiger partial charge in [0.1, 0.15) is 29.1 Å². The maximum Gasteiger partial charge on any atom is 0.303 e. The van der Waals surface area contributed by atoms with E-state index in [0.717, 1.165) is 11.5 Å². The molecule has 1 saturated heterocycles. The second kappa shape index (κ2) is 14.2. The SMILES string of the molecule is CSCC[S+](C)C[C@H](NC(C)=O)[C@H]1O[C@H](SC)[C@H](OC(C)=O)[C@@H](OC(C)=O)[C@H]1OC(C)=O. The Kier molecular flexibility index (Phi) is 12.8. The first kappa shape index (κ1) is 28.9. The number of nitrogens with one attached hydrogen (secondary N) is 1. The smallest absolute Gasteiger partial charge is 0.303 e. The Morgan fingerprint density at radius 2 is 1.47 bits per heavy atom. The van der Waals surface area contributed by atoms with E-state index in [0.29, 0.717) is 5.75 Å². The quantitative estimate of drug-likeness (QED) is 0.244. The lowest BCUT2D eigenvalue weighted by molar-refractivity contribution is -0.234. The van der Waals surface area contributed by atoms with E-state index in [-0.39, 0.29) is 16.8 Å². The first-order valence-corrected chi connectivity index (χ1v) is 14.7. The molecule has 1 aliphatic heterocycles. The zero-order valence-electron chi connectivity index (χ0n) is 19.6. The molecule has 0 radical (unpaired) electrons. The molecular formula is C20H34NO8S3+. The van der Waals surface area contributed by atoms with Crippen molar-refractivity contribution >= 4 is 58.2 Å². The first-order valence-electron chi connectivity index (χ1n) is 10.0. The summed E-state index contributed by atoms with van der Waals surface area (Å²) >= 11 is 3.02. The zero-order valence-corrected chi connectivity index (χ0v) is 22.0. The molecule has 1 rings (SSSR count). The average Bonchev–Trinajstić information content (AvgIpc) is 2.67. The molecule has 1 N–H and O–H groups in total. The zero-order chi connectivity index (χ0) is 24.4. The summed E-state index contributed by atoms with van der Waals surface area (Å²) in [7, 11) is -0.0547. The third-order valence-electron chi connectivity index (χ3n) is 4.55. The Bertz CT molecular complexity index is 665. The van der Waals surface area contributed by atoms with E-state index in [1.54, 1.807) is 18.0 Å². The van der Waals surface area contributed by atoms with Crippen LogP contribution < -0.4 is 5.32 Å². The van der Waals surface area contributed by atoms with Crippen molar-refractivity contribution in [1.29, 1.82) is 0 Å². The highest BCUT2D eigenvalue weighted by atomic mass is 32.2. The maximum absolute atomic E-state index is 12.0. The van der Waals surface area contributed by atoms with E-state index in [2.05, 4.69) is 11.6 Å². The molecule has 32 heavy (non-hydrogen) atoms. The van der Waals surface area contributed by atoms with E-state index in [9.17, 15) is 19.2 Å². The highest BCUT2D eigenvalue weighted by Crippen LogP contribution is 2.34. The van der Waals surface area contributed by atoms with Gasteiger partial charge in [0, 0.05) is 33.4 Å². The highest BCUT2D eigenvalue weighted by Gasteiger charge is 2.54. The summed E-state index contributed by atoms with van der Waals surface area (Å²) in [5, 5.41) is 2.92. The van der Waals surface area contributed by atoms with Crippen molar-refractivity contribution in [2.75, 3.05) is 36.0 Å². The van der Waals surface area contributed by atoms with Crippen molar-refractivity contribution in [3.63, 3.8) is 0 Å². The van der Waals surface area contributed by atoms with Crippen LogP contribution in [-0.2, 0) is 49.0 Å². The Morgan fingerprint density at radius 1 is 0.938 bits per heavy atom. The van der Waals surface area contributed by atoms with Crippen molar-refractivity contribution in [2.24, 2.45) is 0 Å². The minimum absolute atomic E-state index is 0.0547. The molecule has 0 aromatic carbocycles. The number of carbonyl (C=O) groups excluding carboxylic acids is 4. The second-order valence-corrected chi connectivity index (χ2v) is 11.6. The Morgan fingerprint density at radius 3 is 1.94 bits per heavy atom. The Labute approximate surface area is 201 Å². The molecule has 12 heteroatoms. The standard InChI is InChI=1S/C20H33NO8S3/c1-11(22)21-15(10-32(7)9-8-30-5)16-17(26-12(2)23)18(27-13(3)24)19(28-14(4)25)20(29-16)31-6/h15-20H,8-10H2,1-7H3/p+1/t15-,16+,17-,18-,19+,20+,32?/m0/s1. The summed E-state index contributed by atoms with van der Waals surface area (Å²) < 4.78 is 22.7. The van der Waals surface area contributed by atoms with Crippen molar-refractivity contribution in [1.82, 2.24) is 5.32 Å². The predicted octanol–water partition coefficient (Wildman–Crippen LogP) is 0.985. The summed E-state index contributed by atoms with van der Waals surface area (Å²) in [4.78, 5) is 47.6. The molecule has 1 fully saturated rings. The molecule has 0 aliphatic carbocycles. The summed E-state index contributed by atoms with van der Waals surface area (Å²) in [6, 6.07) is -0.502. The monoisotopic (exact) mass is 512 g/mol. The predicted molar refractivity (Wildman–Crippen MR) is 128 cm³/mol. The summed E-state index contributed by atoms with van der Waals surface area (Å²) in [6.07, 6.45) is 1.96. The van der Waals surface area contributed by atoms with Crippen molar-refractivity contribution in [3.05, 3.63) is 0 Å². The van der Waals surface area contributed by atoms with Gasteiger partial charge in [-0.25, -0.2) is 0 Å². The molecule has 1 heterocycles. The number of thioether (sulfide) groups is 2. The molecular weight excluding hydrogens is 478 g/mol. The van der Waals surface area contributed by atoms with Gasteiger partial charge in [0.25, 0.3) is 0 Å². The fourth-order valence-electron chi connectivity index (χ4n) is 3.41. The van der Waals surface area contributed by atoms with Crippen LogP contribution in [0, 0.1) is 0 Å². The molecule has 1 unspecified atom stereocenters. The Hall–Kier alpha value is -1.11. The molecule has 0 saturated carbocycles. The molecule has 0 aromatic rings. The molecule has 1 aliphatic rings. The van der Waals surface area contributed by atoms with Gasteiger partial charge in [0.2, 0.25) is 5.91 Å². The van der Waals surface area contributed by atoms with Gasteiger partial charge in [-0.3, -0.25) is 19.2 Å². The van der Waals surface area contributed by atoms with Gasteiger partial charge < -0.3 is 24.3 Å². The number of ether oxygens (including phenoxy) is 4. The molecule has 1 amide bonds. The fourth-order valence-corrected chi connectivity index (χ4v) is 6.99. The minimum Gasteiger partial charge on any atom is -0.456 e. The van der Waals surface area contributed by atoms with Gasteiger partial charge in [0.15, 0.2) is 18.3 Å². The van der Waals surface area contributed by atoms with Crippen LogP contribution in [0.25, 0.3) is 0 Å². The van der Waals surface area contributed by atoms with Crippen LogP contribution in [-0.4, -0.2) is 95.7 Å². The highest BCUT2D eigenvalue weighted by molar-refractivity contribution is 8.01. The van der Waals surface area contributed by atoms with Gasteiger partial charge in [-0.1, -0.05) is 0 Å². The lowest BCUT2D eigenvalue weighted by Crippen LogP contribution is -2.66. The van der Waals surface area contributed by atoms with Gasteiger partial charge in [-0.2, -0.15) is 11.8 Å². The van der Waals surface area contributed by atoms with Crippen LogP contribution in [0.3, 0.4) is 0 Å². The Balaban J connectivity index is 3.39. The van der Waals surface area contributed by atoms with E-state index in [4.69, 9.17) is 18.9 Å². The molecule has 0 bridgehead atoms. The average molecular weight is 513 g/mol. The minimum atomic E-state index is -1.09. The first-order chi connectivity index (χ1) is 15.0. The van der Waals surface area contributed by atoms with Gasteiger partial charge in [-0.05, 0) is 23.4 Å². The maximum atomic E-state index is 12.0. The van der Waals surface area contributed by atoms with E-state index < -0.39 is 53.8 Å². The number of hydrogen-bond acceptors (Lipinski definition) is 10. The van der Waals surface area contributed by atoms with E-state index >= 15 is 0 Å². The number of rotatable bonds is 11. The largest absolute Gasteiger partial charge is 0.456 e. The lowest BCUT2D eigenvalue weighted by Gasteiger charge is -2.46. The molecule has 184 valence electrons. The molecule has 0 spiro atoms. The summed E-state index contributed by atoms with van der Waals surface area (Å²) in [5.41, 5.74) is -0.693. The van der Waals surface area contributed by atoms with Crippen LogP contribution in [0.4, 0.5) is 0 Å². The second-order valence-electron chi connectivity index (χ2n) is 7.38. The van der Waals surface area contributed by atoms with Gasteiger partial charge in [0.05, 0.1) is 6.26 Å². The van der Waals surface area contributed by atoms with Crippen LogP contribution in [0.15, 0.2) is 0 Å². The number of hydrogen-bond donors (Lipinski definition) is 1. The van der Waals surface area contributed by atoms with Crippen LogP contribution in [0.5, 0.6) is 0 Å². The van der Waals surface area contributed by atoms with Crippen LogP contribution >= 0.6 is 23.5 Å². The van der Waals surface area contributed by atoms with Gasteiger partial charge >= 0.3 is 17.9 Å². The number of esters is 3. The fraction of sp³-hybridized carbons (Fsp3) is 0.800. The number of amides is 1. The summed E-state index contributed by atoms with van der Waals surface area (Å²) in [6.45, 7) is 5.11. The third kappa shape index (κ3) is 9.40. The molecule has 9 nitrogen and oxygen atoms in total. The van der Waals surface area contributed by atoms with Crippen LogP contribution in [0.1, 0.15) is 27.7 Å².